The molecule has 1 aliphatic rings. The van der Waals surface area contributed by atoms with E-state index in [4.69, 9.17) is 0 Å². The standard InChI is InChI=1S/C14H15NO2S.2C2H6/c16-18(17,15-10-3-4-11-15)14-9-5-7-12-6-1-2-8-13(12)14;2*1-2/h1-2,5-9H,3-4,10-11H2;2*1-2H3. The Bertz CT molecular complexity index is 669. The highest BCUT2D eigenvalue weighted by Crippen LogP contribution is 2.27. The predicted molar refractivity (Wildman–Crippen MR) is 94.6 cm³/mol. The number of hydrogen-bond donors (Lipinski definition) is 0. The minimum Gasteiger partial charge on any atom is -0.207 e. The Kier molecular flexibility index (Phi) is 7.56. The zero-order valence-corrected chi connectivity index (χ0v) is 14.9. The van der Waals surface area contributed by atoms with Crippen molar-refractivity contribution in [3.63, 3.8) is 0 Å². The topological polar surface area (TPSA) is 37.4 Å². The third-order valence-electron chi connectivity index (χ3n) is 3.43. The van der Waals surface area contributed by atoms with Crippen molar-refractivity contribution in [3.05, 3.63) is 42.5 Å². The maximum Gasteiger partial charge on any atom is 0.243 e. The molecule has 0 aromatic heterocycles. The second-order valence-electron chi connectivity index (χ2n) is 4.59. The summed E-state index contributed by atoms with van der Waals surface area (Å²) < 4.78 is 26.7. The van der Waals surface area contributed by atoms with E-state index >= 15 is 0 Å². The Morgan fingerprint density at radius 3 is 2.00 bits per heavy atom. The van der Waals surface area contributed by atoms with Crippen molar-refractivity contribution in [3.8, 4) is 0 Å². The van der Waals surface area contributed by atoms with Crippen LogP contribution in [0.4, 0.5) is 0 Å². The molecule has 3 nitrogen and oxygen atoms in total. The molecule has 3 rings (SSSR count). The van der Waals surface area contributed by atoms with Crippen LogP contribution in [-0.2, 0) is 10.0 Å². The predicted octanol–water partition coefficient (Wildman–Crippen LogP) is 4.68. The van der Waals surface area contributed by atoms with Gasteiger partial charge < -0.3 is 0 Å². The first-order chi connectivity index (χ1) is 10.7. The van der Waals surface area contributed by atoms with Crippen LogP contribution < -0.4 is 0 Å². The highest BCUT2D eigenvalue weighted by atomic mass is 32.2. The number of sulfonamides is 1. The Balaban J connectivity index is 0.000000561. The van der Waals surface area contributed by atoms with E-state index in [1.807, 2.05) is 64.1 Å². The lowest BCUT2D eigenvalue weighted by Gasteiger charge is -2.16. The maximum absolute atomic E-state index is 12.6. The third-order valence-corrected chi connectivity index (χ3v) is 5.39. The monoisotopic (exact) mass is 321 g/mol. The summed E-state index contributed by atoms with van der Waals surface area (Å²) in [5.41, 5.74) is 0. The molecule has 0 amide bonds. The summed E-state index contributed by atoms with van der Waals surface area (Å²) in [5.74, 6) is 0. The molecule has 1 saturated heterocycles. The molecule has 0 aliphatic carbocycles. The molecule has 0 unspecified atom stereocenters. The number of benzene rings is 2. The number of rotatable bonds is 2. The summed E-state index contributed by atoms with van der Waals surface area (Å²) in [6, 6.07) is 13.1. The van der Waals surface area contributed by atoms with Crippen molar-refractivity contribution in [1.82, 2.24) is 4.31 Å². The van der Waals surface area contributed by atoms with E-state index in [1.54, 1.807) is 10.4 Å². The average molecular weight is 321 g/mol. The zero-order chi connectivity index (χ0) is 16.6. The molecule has 0 radical (unpaired) electrons. The summed E-state index contributed by atoms with van der Waals surface area (Å²) >= 11 is 0. The van der Waals surface area contributed by atoms with Crippen LogP contribution in [-0.4, -0.2) is 25.8 Å². The summed E-state index contributed by atoms with van der Waals surface area (Å²) in [6.07, 6.45) is 1.92. The van der Waals surface area contributed by atoms with E-state index in [2.05, 4.69) is 0 Å². The normalized spacial score (nSPS) is 14.7. The quantitative estimate of drug-likeness (QED) is 0.805. The summed E-state index contributed by atoms with van der Waals surface area (Å²) in [6.45, 7) is 9.29. The minimum absolute atomic E-state index is 0.433. The fourth-order valence-corrected chi connectivity index (χ4v) is 4.22. The van der Waals surface area contributed by atoms with Crippen molar-refractivity contribution in [2.75, 3.05) is 13.1 Å². The van der Waals surface area contributed by atoms with Crippen LogP contribution in [0.25, 0.3) is 10.8 Å². The summed E-state index contributed by atoms with van der Waals surface area (Å²) in [4.78, 5) is 0.433. The molecule has 1 heterocycles. The number of hydrogen-bond acceptors (Lipinski definition) is 2. The van der Waals surface area contributed by atoms with Gasteiger partial charge in [0.2, 0.25) is 10.0 Å². The van der Waals surface area contributed by atoms with E-state index in [9.17, 15) is 8.42 Å². The number of nitrogens with zero attached hydrogens (tertiary/aromatic N) is 1. The SMILES string of the molecule is CC.CC.O=S(=O)(c1cccc2ccccc12)N1CCCC1. The number of fused-ring (bicyclic) bond motifs is 1. The smallest absolute Gasteiger partial charge is 0.207 e. The molecule has 4 heteroatoms. The molecule has 2 aromatic rings. The van der Waals surface area contributed by atoms with Crippen LogP contribution in [0.3, 0.4) is 0 Å². The van der Waals surface area contributed by atoms with Gasteiger partial charge in [0.25, 0.3) is 0 Å². The van der Waals surface area contributed by atoms with Crippen molar-refractivity contribution < 1.29 is 8.42 Å². The maximum atomic E-state index is 12.6. The van der Waals surface area contributed by atoms with Gasteiger partial charge in [-0.3, -0.25) is 0 Å². The van der Waals surface area contributed by atoms with Crippen LogP contribution in [0, 0.1) is 0 Å². The van der Waals surface area contributed by atoms with Crippen molar-refractivity contribution >= 4 is 20.8 Å². The first-order valence-corrected chi connectivity index (χ1v) is 9.61. The van der Waals surface area contributed by atoms with Gasteiger partial charge >= 0.3 is 0 Å². The average Bonchev–Trinajstić information content (AvgIpc) is 3.13. The lowest BCUT2D eigenvalue weighted by Crippen LogP contribution is -2.27. The second kappa shape index (κ2) is 8.91. The van der Waals surface area contributed by atoms with E-state index < -0.39 is 10.0 Å². The summed E-state index contributed by atoms with van der Waals surface area (Å²) in [7, 11) is -3.33. The molecule has 0 atom stereocenters. The van der Waals surface area contributed by atoms with Gasteiger partial charge in [0.15, 0.2) is 0 Å². The molecule has 22 heavy (non-hydrogen) atoms. The molecule has 0 N–H and O–H groups in total. The molecule has 0 saturated carbocycles. The Morgan fingerprint density at radius 1 is 0.818 bits per heavy atom. The molecule has 122 valence electrons. The Hall–Kier alpha value is -1.39. The van der Waals surface area contributed by atoms with Gasteiger partial charge in [0, 0.05) is 18.5 Å². The molecule has 1 aliphatic heterocycles. The van der Waals surface area contributed by atoms with Crippen LogP contribution >= 0.6 is 0 Å². The second-order valence-corrected chi connectivity index (χ2v) is 6.49. The van der Waals surface area contributed by atoms with E-state index in [0.29, 0.717) is 18.0 Å². The zero-order valence-electron chi connectivity index (χ0n) is 14.0. The largest absolute Gasteiger partial charge is 0.243 e. The minimum atomic E-state index is -3.33. The van der Waals surface area contributed by atoms with Crippen molar-refractivity contribution in [2.45, 2.75) is 45.4 Å². The van der Waals surface area contributed by atoms with Crippen LogP contribution in [0.2, 0.25) is 0 Å². The fourth-order valence-electron chi connectivity index (χ4n) is 2.49. The van der Waals surface area contributed by atoms with Gasteiger partial charge in [-0.1, -0.05) is 64.1 Å². The van der Waals surface area contributed by atoms with E-state index in [0.717, 1.165) is 23.6 Å². The van der Waals surface area contributed by atoms with E-state index in [-0.39, 0.29) is 0 Å². The van der Waals surface area contributed by atoms with Crippen LogP contribution in [0.5, 0.6) is 0 Å². The molecule has 1 fully saturated rings. The Labute approximate surface area is 135 Å². The molecule has 0 spiro atoms. The van der Waals surface area contributed by atoms with Crippen molar-refractivity contribution in [1.29, 1.82) is 0 Å². The van der Waals surface area contributed by atoms with Gasteiger partial charge in [0.05, 0.1) is 4.90 Å². The molecular formula is C18H27NO2S. The van der Waals surface area contributed by atoms with Crippen molar-refractivity contribution in [2.24, 2.45) is 0 Å². The summed E-state index contributed by atoms with van der Waals surface area (Å²) in [5, 5.41) is 1.78. The van der Waals surface area contributed by atoms with Crippen LogP contribution in [0.1, 0.15) is 40.5 Å². The molecular weight excluding hydrogens is 294 g/mol. The van der Waals surface area contributed by atoms with E-state index in [1.165, 1.54) is 0 Å². The van der Waals surface area contributed by atoms with Crippen LogP contribution in [0.15, 0.2) is 47.4 Å². The first kappa shape index (κ1) is 18.7. The van der Waals surface area contributed by atoms with Gasteiger partial charge in [-0.05, 0) is 24.3 Å². The Morgan fingerprint density at radius 2 is 1.36 bits per heavy atom. The fraction of sp³-hybridized carbons (Fsp3) is 0.444. The molecule has 2 aromatic carbocycles. The highest BCUT2D eigenvalue weighted by Gasteiger charge is 2.28. The first-order valence-electron chi connectivity index (χ1n) is 8.17. The lowest BCUT2D eigenvalue weighted by molar-refractivity contribution is 0.478. The third kappa shape index (κ3) is 3.87. The van der Waals surface area contributed by atoms with Gasteiger partial charge in [-0.15, -0.1) is 0 Å². The van der Waals surface area contributed by atoms with Gasteiger partial charge in [-0.25, -0.2) is 8.42 Å². The van der Waals surface area contributed by atoms with Gasteiger partial charge in [0.1, 0.15) is 0 Å². The lowest BCUT2D eigenvalue weighted by atomic mass is 10.1. The molecule has 0 bridgehead atoms. The highest BCUT2D eigenvalue weighted by molar-refractivity contribution is 7.89. The van der Waals surface area contributed by atoms with Gasteiger partial charge in [-0.2, -0.15) is 4.31 Å².